The van der Waals surface area contributed by atoms with Crippen LogP contribution < -0.4 is 5.32 Å². The molecule has 0 amide bonds. The number of rotatable bonds is 1. The highest BCUT2D eigenvalue weighted by atomic mass is 15.1. The molecule has 3 heteroatoms. The molecule has 2 atom stereocenters. The molecule has 3 rings (SSSR count). The van der Waals surface area contributed by atoms with Crippen LogP contribution >= 0.6 is 0 Å². The Bertz CT molecular complexity index is 312. The SMILES string of the molecule is c1ncn2c1CC(C1CCNC1)CC2. The fourth-order valence-corrected chi connectivity index (χ4v) is 2.88. The van der Waals surface area contributed by atoms with E-state index in [4.69, 9.17) is 0 Å². The van der Waals surface area contributed by atoms with Crippen molar-refractivity contribution in [3.05, 3.63) is 18.2 Å². The minimum absolute atomic E-state index is 0.897. The Morgan fingerprint density at radius 1 is 1.36 bits per heavy atom. The summed E-state index contributed by atoms with van der Waals surface area (Å²) in [5.74, 6) is 1.81. The van der Waals surface area contributed by atoms with E-state index in [1.54, 1.807) is 0 Å². The van der Waals surface area contributed by atoms with Gasteiger partial charge in [-0.25, -0.2) is 4.98 Å². The molecule has 14 heavy (non-hydrogen) atoms. The first-order valence-electron chi connectivity index (χ1n) is 5.63. The fourth-order valence-electron chi connectivity index (χ4n) is 2.88. The Morgan fingerprint density at radius 3 is 3.21 bits per heavy atom. The summed E-state index contributed by atoms with van der Waals surface area (Å²) < 4.78 is 2.30. The highest BCUT2D eigenvalue weighted by Crippen LogP contribution is 2.29. The zero-order chi connectivity index (χ0) is 9.38. The summed E-state index contributed by atoms with van der Waals surface area (Å²) in [5, 5.41) is 3.46. The predicted octanol–water partition coefficient (Wildman–Crippen LogP) is 1.05. The molecule has 0 spiro atoms. The highest BCUT2D eigenvalue weighted by molar-refractivity contribution is 5.04. The standard InChI is InChI=1S/C11H17N3/c1-3-12-6-10(1)9-2-4-14-8-13-7-11(14)5-9/h7-10,12H,1-6H2. The van der Waals surface area contributed by atoms with Gasteiger partial charge in [0.1, 0.15) is 0 Å². The zero-order valence-corrected chi connectivity index (χ0v) is 8.45. The van der Waals surface area contributed by atoms with Crippen LogP contribution in [0.25, 0.3) is 0 Å². The van der Waals surface area contributed by atoms with Crippen molar-refractivity contribution < 1.29 is 0 Å². The zero-order valence-electron chi connectivity index (χ0n) is 8.45. The Kier molecular flexibility index (Phi) is 2.05. The molecule has 1 aromatic heterocycles. The van der Waals surface area contributed by atoms with Gasteiger partial charge in [-0.05, 0) is 44.2 Å². The molecule has 1 saturated heterocycles. The van der Waals surface area contributed by atoms with Crippen molar-refractivity contribution in [2.45, 2.75) is 25.8 Å². The largest absolute Gasteiger partial charge is 0.335 e. The third kappa shape index (κ3) is 1.36. The molecule has 3 nitrogen and oxygen atoms in total. The maximum absolute atomic E-state index is 4.21. The number of fused-ring (bicyclic) bond motifs is 1. The average molecular weight is 191 g/mol. The van der Waals surface area contributed by atoms with Crippen molar-refractivity contribution in [3.63, 3.8) is 0 Å². The minimum Gasteiger partial charge on any atom is -0.335 e. The van der Waals surface area contributed by atoms with Gasteiger partial charge in [0, 0.05) is 18.4 Å². The third-order valence-electron chi connectivity index (χ3n) is 3.78. The number of aromatic nitrogens is 2. The smallest absolute Gasteiger partial charge is 0.0948 e. The maximum Gasteiger partial charge on any atom is 0.0948 e. The van der Waals surface area contributed by atoms with E-state index >= 15 is 0 Å². The molecule has 2 aliphatic heterocycles. The van der Waals surface area contributed by atoms with Gasteiger partial charge in [0.25, 0.3) is 0 Å². The maximum atomic E-state index is 4.21. The summed E-state index contributed by atoms with van der Waals surface area (Å²) >= 11 is 0. The molecule has 1 N–H and O–H groups in total. The van der Waals surface area contributed by atoms with Gasteiger partial charge in [-0.1, -0.05) is 0 Å². The Hall–Kier alpha value is -0.830. The van der Waals surface area contributed by atoms with Crippen molar-refractivity contribution in [1.29, 1.82) is 0 Å². The molecule has 0 aliphatic carbocycles. The van der Waals surface area contributed by atoms with Gasteiger partial charge in [0.05, 0.1) is 6.33 Å². The van der Waals surface area contributed by atoms with Gasteiger partial charge >= 0.3 is 0 Å². The second kappa shape index (κ2) is 3.39. The Labute approximate surface area is 84.5 Å². The summed E-state index contributed by atoms with van der Waals surface area (Å²) in [4.78, 5) is 4.21. The first-order chi connectivity index (χ1) is 6.93. The highest BCUT2D eigenvalue weighted by Gasteiger charge is 2.28. The third-order valence-corrected chi connectivity index (χ3v) is 3.78. The number of nitrogens with zero attached hydrogens (tertiary/aromatic N) is 2. The van der Waals surface area contributed by atoms with Crippen molar-refractivity contribution in [3.8, 4) is 0 Å². The van der Waals surface area contributed by atoms with Crippen LogP contribution in [0, 0.1) is 11.8 Å². The van der Waals surface area contributed by atoms with Crippen molar-refractivity contribution in [2.75, 3.05) is 13.1 Å². The summed E-state index contributed by atoms with van der Waals surface area (Å²) in [6, 6.07) is 0. The lowest BCUT2D eigenvalue weighted by atomic mass is 9.83. The molecular formula is C11H17N3. The molecule has 0 radical (unpaired) electrons. The van der Waals surface area contributed by atoms with Gasteiger partial charge in [0.2, 0.25) is 0 Å². The summed E-state index contributed by atoms with van der Waals surface area (Å²) in [6.07, 6.45) is 7.97. The molecule has 2 aliphatic rings. The number of aryl methyl sites for hydroxylation is 1. The number of imidazole rings is 1. The Morgan fingerprint density at radius 2 is 2.36 bits per heavy atom. The van der Waals surface area contributed by atoms with Gasteiger partial charge in [0.15, 0.2) is 0 Å². The van der Waals surface area contributed by atoms with Crippen molar-refractivity contribution in [2.24, 2.45) is 11.8 Å². The van der Waals surface area contributed by atoms with Gasteiger partial charge in [-0.3, -0.25) is 0 Å². The van der Waals surface area contributed by atoms with E-state index in [1.807, 2.05) is 12.5 Å². The van der Waals surface area contributed by atoms with E-state index in [0.717, 1.165) is 11.8 Å². The topological polar surface area (TPSA) is 29.9 Å². The lowest BCUT2D eigenvalue weighted by molar-refractivity contribution is 0.285. The number of nitrogens with one attached hydrogen (secondary N) is 1. The van der Waals surface area contributed by atoms with Crippen LogP contribution in [0.3, 0.4) is 0 Å². The molecule has 0 bridgehead atoms. The molecule has 76 valence electrons. The second-order valence-electron chi connectivity index (χ2n) is 4.58. The minimum atomic E-state index is 0.897. The van der Waals surface area contributed by atoms with Crippen molar-refractivity contribution in [1.82, 2.24) is 14.9 Å². The summed E-state index contributed by atoms with van der Waals surface area (Å²) in [7, 11) is 0. The molecular weight excluding hydrogens is 174 g/mol. The Balaban J connectivity index is 1.74. The monoisotopic (exact) mass is 191 g/mol. The quantitative estimate of drug-likeness (QED) is 0.719. The first kappa shape index (κ1) is 8.48. The average Bonchev–Trinajstić information content (AvgIpc) is 2.88. The van der Waals surface area contributed by atoms with Crippen LogP contribution in [-0.2, 0) is 13.0 Å². The van der Waals surface area contributed by atoms with E-state index in [-0.39, 0.29) is 0 Å². The molecule has 0 saturated carbocycles. The summed E-state index contributed by atoms with van der Waals surface area (Å²) in [5.41, 5.74) is 1.44. The van der Waals surface area contributed by atoms with Gasteiger partial charge in [-0.2, -0.15) is 0 Å². The molecule has 3 heterocycles. The fraction of sp³-hybridized carbons (Fsp3) is 0.727. The summed E-state index contributed by atoms with van der Waals surface area (Å²) in [6.45, 7) is 3.63. The van der Waals surface area contributed by atoms with Crippen LogP contribution in [0.2, 0.25) is 0 Å². The lowest BCUT2D eigenvalue weighted by Crippen LogP contribution is -2.26. The lowest BCUT2D eigenvalue weighted by Gasteiger charge is -2.28. The van der Waals surface area contributed by atoms with E-state index in [0.29, 0.717) is 0 Å². The van der Waals surface area contributed by atoms with Gasteiger partial charge in [-0.15, -0.1) is 0 Å². The molecule has 1 aromatic rings. The predicted molar refractivity (Wildman–Crippen MR) is 55.0 cm³/mol. The van der Waals surface area contributed by atoms with Crippen molar-refractivity contribution >= 4 is 0 Å². The van der Waals surface area contributed by atoms with Gasteiger partial charge < -0.3 is 9.88 Å². The van der Waals surface area contributed by atoms with Crippen LogP contribution in [0.15, 0.2) is 12.5 Å². The van der Waals surface area contributed by atoms with E-state index < -0.39 is 0 Å². The van der Waals surface area contributed by atoms with E-state index in [9.17, 15) is 0 Å². The second-order valence-corrected chi connectivity index (χ2v) is 4.58. The van der Waals surface area contributed by atoms with Crippen LogP contribution in [0.4, 0.5) is 0 Å². The molecule has 0 aromatic carbocycles. The van der Waals surface area contributed by atoms with E-state index in [1.165, 1.54) is 44.6 Å². The first-order valence-corrected chi connectivity index (χ1v) is 5.63. The normalized spacial score (nSPS) is 31.7. The van der Waals surface area contributed by atoms with Crippen LogP contribution in [0.1, 0.15) is 18.5 Å². The van der Waals surface area contributed by atoms with Crippen LogP contribution in [-0.4, -0.2) is 22.6 Å². The molecule has 2 unspecified atom stereocenters. The molecule has 1 fully saturated rings. The van der Waals surface area contributed by atoms with Crippen LogP contribution in [0.5, 0.6) is 0 Å². The number of hydrogen-bond acceptors (Lipinski definition) is 2. The number of hydrogen-bond donors (Lipinski definition) is 1. The van der Waals surface area contributed by atoms with E-state index in [2.05, 4.69) is 14.9 Å².